The first-order valence-electron chi connectivity index (χ1n) is 37.9. The number of hydrogen-bond acceptors (Lipinski definition) is 26. The molecule has 3 aliphatic rings. The van der Waals surface area contributed by atoms with Crippen LogP contribution in [0.15, 0.2) is 91.0 Å². The van der Waals surface area contributed by atoms with Crippen molar-refractivity contribution in [2.45, 2.75) is 57.8 Å². The van der Waals surface area contributed by atoms with Crippen LogP contribution in [0.25, 0.3) is 32.3 Å². The van der Waals surface area contributed by atoms with Crippen molar-refractivity contribution in [1.82, 2.24) is 14.7 Å². The number of aliphatic carboxylic acids is 6. The van der Waals surface area contributed by atoms with E-state index in [-0.39, 0.29) is 106 Å². The molecule has 3 heterocycles. The number of carbonyl (C=O) groups is 12. The number of carbonyl (C=O) groups excluding carboxylic acids is 6. The van der Waals surface area contributed by atoms with Crippen LogP contribution >= 0.6 is 49.3 Å². The first kappa shape index (κ1) is 104. The van der Waals surface area contributed by atoms with Gasteiger partial charge in [0.1, 0.15) is 0 Å². The number of carboxylic acids is 6. The van der Waals surface area contributed by atoms with Crippen molar-refractivity contribution in [2.75, 3.05) is 193 Å². The minimum atomic E-state index is -5.17. The molecular formula is C78H107N9O27P2S5. The molecule has 0 fully saturated rings. The number of benzene rings is 6. The molecular weight excluding hydrogens is 1720 g/mol. The Morgan fingerprint density at radius 1 is 0.413 bits per heavy atom. The molecule has 0 saturated heterocycles. The number of imide groups is 3. The average molecular weight is 1830 g/mol. The van der Waals surface area contributed by atoms with E-state index in [0.29, 0.717) is 86.4 Å². The lowest BCUT2D eigenvalue weighted by Gasteiger charge is -2.28. The van der Waals surface area contributed by atoms with Gasteiger partial charge in [-0.1, -0.05) is 58.0 Å². The smallest absolute Gasteiger partial charge is 0.303 e. The molecule has 3 aliphatic heterocycles. The van der Waals surface area contributed by atoms with Gasteiger partial charge in [-0.15, -0.1) is 7.92 Å². The van der Waals surface area contributed by atoms with Crippen LogP contribution in [0.5, 0.6) is 0 Å². The predicted molar refractivity (Wildman–Crippen MR) is 465 cm³/mol. The summed E-state index contributed by atoms with van der Waals surface area (Å²) in [6.07, 6.45) is 2.69. The summed E-state index contributed by atoms with van der Waals surface area (Å²) in [5, 5.41) is 66.3. The van der Waals surface area contributed by atoms with Crippen molar-refractivity contribution < 1.29 is 141 Å². The van der Waals surface area contributed by atoms with Gasteiger partial charge < -0.3 is 78.3 Å². The van der Waals surface area contributed by atoms with Gasteiger partial charge in [-0.05, 0) is 73.1 Å². The zero-order chi connectivity index (χ0) is 91.1. The normalized spacial score (nSPS) is 13.2. The van der Waals surface area contributed by atoms with Crippen molar-refractivity contribution in [3.63, 3.8) is 0 Å². The Kier molecular flexibility index (Phi) is 41.6. The highest BCUT2D eigenvalue weighted by molar-refractivity contribution is 8.76. The summed E-state index contributed by atoms with van der Waals surface area (Å²) in [5.41, 5.74) is 6.17. The highest BCUT2D eigenvalue weighted by Gasteiger charge is 2.37. The highest BCUT2D eigenvalue weighted by Crippen LogP contribution is 2.48. The van der Waals surface area contributed by atoms with Crippen molar-refractivity contribution in [3.05, 3.63) is 124 Å². The third kappa shape index (κ3) is 37.0. The molecule has 666 valence electrons. The van der Waals surface area contributed by atoms with Crippen molar-refractivity contribution in [2.24, 2.45) is 0 Å². The second-order valence-corrected chi connectivity index (χ2v) is 41.9. The van der Waals surface area contributed by atoms with Gasteiger partial charge >= 0.3 is 35.8 Å². The quantitative estimate of drug-likeness (QED) is 0.00250. The maximum atomic E-state index is 13.6. The lowest BCUT2D eigenvalue weighted by Crippen LogP contribution is -2.42. The number of nitrogens with zero attached hydrogens (tertiary/aromatic N) is 6. The molecule has 36 nitrogen and oxygen atoms in total. The fraction of sp³-hybridized carbons (Fsp3) is 0.462. The second-order valence-electron chi connectivity index (χ2n) is 31.0. The van der Waals surface area contributed by atoms with E-state index in [0.717, 1.165) is 111 Å². The Balaban J connectivity index is 0.000000369. The molecule has 121 heavy (non-hydrogen) atoms. The Labute approximate surface area is 717 Å². The topological polar surface area (TPSA) is 547 Å². The Morgan fingerprint density at radius 3 is 0.868 bits per heavy atom. The minimum absolute atomic E-state index is 0.0229. The second kappa shape index (κ2) is 48.2. The van der Waals surface area contributed by atoms with Crippen LogP contribution in [0.2, 0.25) is 0 Å². The van der Waals surface area contributed by atoms with Crippen LogP contribution < -0.4 is 16.0 Å². The summed E-state index contributed by atoms with van der Waals surface area (Å²) in [7, 11) is 8.70. The Bertz CT molecular complexity index is 4670. The summed E-state index contributed by atoms with van der Waals surface area (Å²) >= 11 is 4.17. The number of hydrogen-bond donors (Lipinski definition) is 11. The number of thiol groups is 1. The van der Waals surface area contributed by atoms with E-state index in [1.165, 1.54) is 36.3 Å². The molecule has 0 unspecified atom stereocenters. The largest absolute Gasteiger partial charge is 0.759 e. The monoisotopic (exact) mass is 1820 g/mol. The van der Waals surface area contributed by atoms with E-state index in [2.05, 4.69) is 92.0 Å². The van der Waals surface area contributed by atoms with Crippen LogP contribution in [-0.2, 0) is 54.1 Å². The van der Waals surface area contributed by atoms with Gasteiger partial charge in [0, 0.05) is 207 Å². The Hall–Kier alpha value is -8.93. The zero-order valence-electron chi connectivity index (χ0n) is 68.7. The molecule has 6 amide bonds. The van der Waals surface area contributed by atoms with E-state index in [1.807, 2.05) is 72.8 Å². The van der Waals surface area contributed by atoms with Crippen LogP contribution in [0.4, 0.5) is 17.1 Å². The molecule has 6 aromatic carbocycles. The third-order valence-electron chi connectivity index (χ3n) is 18.3. The number of nitrogens with one attached hydrogen (secondary N) is 3. The maximum absolute atomic E-state index is 13.6. The van der Waals surface area contributed by atoms with E-state index in [9.17, 15) is 62.1 Å². The Morgan fingerprint density at radius 2 is 0.645 bits per heavy atom. The summed E-state index contributed by atoms with van der Waals surface area (Å²) in [5.74, 6) is -6.28. The summed E-state index contributed by atoms with van der Waals surface area (Å²) < 4.78 is 81.8. The van der Waals surface area contributed by atoms with Crippen LogP contribution in [0, 0.1) is 0 Å². The van der Waals surface area contributed by atoms with E-state index in [4.69, 9.17) is 65.7 Å². The number of quaternary nitrogens is 3. The van der Waals surface area contributed by atoms with Crippen molar-refractivity contribution in [3.8, 4) is 0 Å². The molecule has 43 heteroatoms. The molecule has 10 N–H and O–H groups in total. The number of amides is 6. The average Bonchev–Trinajstić information content (AvgIpc) is 0.753. The summed E-state index contributed by atoms with van der Waals surface area (Å²) in [6.45, 7) is 6.44. The van der Waals surface area contributed by atoms with Gasteiger partial charge in [-0.2, -0.15) is 12.6 Å². The first-order valence-corrected chi connectivity index (χ1v) is 47.9. The van der Waals surface area contributed by atoms with E-state index < -0.39 is 71.7 Å². The van der Waals surface area contributed by atoms with Gasteiger partial charge in [0.25, 0.3) is 35.4 Å². The zero-order valence-corrected chi connectivity index (χ0v) is 74.7. The molecule has 0 aliphatic carbocycles. The third-order valence-corrected chi connectivity index (χ3v) is 26.5. The maximum Gasteiger partial charge on any atom is 0.303 e. The van der Waals surface area contributed by atoms with Gasteiger partial charge in [-0.25, -0.2) is 8.42 Å². The number of anilines is 3. The molecule has 0 radical (unpaired) electrons. The SMILES string of the molecule is C[N+](C)(C)CCCNc1ccc2c3c(cccc13)C(=O)N(CCS)C2=O.C[N+](C)(C)CCCNc1ccc2c3c(cccc13)C(=O)N(CCSSCCN1C(=O)c3cccc4c(NCCC[N+](C)(C)C)ccc(c34)C1=O)C2=O.O=C(O)CCP(=O)(CCC(=O)O)CCC(=O)O.O=C(O)CCP(CCC(=O)O)CCC(=O)O.O=S(=O)([O-])O.O=S(=O)([O-])[O-]. The fourth-order valence-electron chi connectivity index (χ4n) is 12.6. The highest BCUT2D eigenvalue weighted by atomic mass is 33.1. The fourth-order valence-corrected chi connectivity index (χ4v) is 19.4. The first-order chi connectivity index (χ1) is 56.2. The molecule has 0 spiro atoms. The van der Waals surface area contributed by atoms with Crippen LogP contribution in [0.1, 0.15) is 120 Å². The molecule has 6 aromatic rings. The summed E-state index contributed by atoms with van der Waals surface area (Å²) in [4.78, 5) is 146. The molecule has 0 saturated carbocycles. The van der Waals surface area contributed by atoms with E-state index >= 15 is 0 Å². The van der Waals surface area contributed by atoms with Gasteiger partial charge in [0.05, 0.1) is 109 Å². The number of carboxylic acid groups (broad SMARTS) is 6. The molecule has 0 bridgehead atoms. The standard InChI is InChI=1S/C40H48N6O4S2.C20H25N3O2S.C9H15O7P.C9H15O6P.2H2O4S/c1-45(2,3)23-9-19-41-33-17-15-31-35-27(33)11-7-13-29(35)37(47)43(39(31)49)21-25-51-52-26-22-44-38(48)30-14-8-12-28-34(42-20-10-24-46(4,5)6)18-16-32(36(28)30)40(44)50;1-23(2,3)12-5-10-21-17-9-8-16-18-14(17)6-4-7-15(18)19(24)22(11-13-26)20(16)25;10-7(11)1-4-17(16,5-2-8(12)13)6-3-9(14)15;10-7(11)1-4-16(5-2-8(12)13)6-3-9(14)15;2*1-5(2,3)4/h7-8,11-18H,9-10,19-26H2,1-6H3;4,6-9,21H,5,10-13H2,1-3H3;1-6H2,(H,10,11)(H,12,13)(H,14,15);1-6H2,(H,10,11)(H,12,13)(H,14,15);2*(H2,1,2,3,4). The lowest BCUT2D eigenvalue weighted by atomic mass is 9.93. The van der Waals surface area contributed by atoms with E-state index in [1.54, 1.807) is 18.2 Å². The molecule has 9 rings (SSSR count). The van der Waals surface area contributed by atoms with Crippen molar-refractivity contribution >= 4 is 191 Å². The molecule has 0 atom stereocenters. The lowest BCUT2D eigenvalue weighted by molar-refractivity contribution is -0.870. The summed E-state index contributed by atoms with van der Waals surface area (Å²) in [6, 6.07) is 28.2. The van der Waals surface area contributed by atoms with Gasteiger partial charge in [0.2, 0.25) is 10.4 Å². The van der Waals surface area contributed by atoms with Gasteiger partial charge in [-0.3, -0.25) is 85.2 Å². The van der Waals surface area contributed by atoms with Crippen LogP contribution in [-0.4, -0.2) is 342 Å². The van der Waals surface area contributed by atoms with Gasteiger partial charge in [0.15, 0.2) is 0 Å². The number of rotatable bonds is 42. The van der Waals surface area contributed by atoms with Crippen molar-refractivity contribution in [1.29, 1.82) is 0 Å². The van der Waals surface area contributed by atoms with Crippen LogP contribution in [0.3, 0.4) is 0 Å². The predicted octanol–water partition coefficient (Wildman–Crippen LogP) is 8.49. The molecule has 0 aromatic heterocycles. The minimum Gasteiger partial charge on any atom is -0.759 e.